The SMILES string of the molecule is Cc1ccc(C#N)cc1NC1CCC(C)CC1. The number of aryl methyl sites for hydroxylation is 1. The second kappa shape index (κ2) is 5.23. The van der Waals surface area contributed by atoms with Gasteiger partial charge < -0.3 is 5.32 Å². The number of nitrogens with one attached hydrogen (secondary N) is 1. The highest BCUT2D eigenvalue weighted by Gasteiger charge is 2.18. The summed E-state index contributed by atoms with van der Waals surface area (Å²) in [4.78, 5) is 0. The summed E-state index contributed by atoms with van der Waals surface area (Å²) in [6, 6.07) is 8.65. The van der Waals surface area contributed by atoms with Crippen LogP contribution in [0.2, 0.25) is 0 Å². The number of nitrogens with zero attached hydrogens (tertiary/aromatic N) is 1. The van der Waals surface area contributed by atoms with Gasteiger partial charge in [-0.1, -0.05) is 13.0 Å². The first-order chi connectivity index (χ1) is 8.19. The summed E-state index contributed by atoms with van der Waals surface area (Å²) >= 11 is 0. The average molecular weight is 228 g/mol. The van der Waals surface area contributed by atoms with E-state index in [0.717, 1.165) is 17.2 Å². The van der Waals surface area contributed by atoms with Crippen molar-refractivity contribution in [1.82, 2.24) is 0 Å². The molecule has 0 unspecified atom stereocenters. The van der Waals surface area contributed by atoms with E-state index in [0.29, 0.717) is 6.04 Å². The molecule has 1 aromatic rings. The fraction of sp³-hybridized carbons (Fsp3) is 0.533. The van der Waals surface area contributed by atoms with Crippen LogP contribution in [-0.4, -0.2) is 6.04 Å². The first-order valence-electron chi connectivity index (χ1n) is 6.46. The van der Waals surface area contributed by atoms with Crippen molar-refractivity contribution >= 4 is 5.69 Å². The molecule has 2 nitrogen and oxygen atoms in total. The third-order valence-electron chi connectivity index (χ3n) is 3.74. The largest absolute Gasteiger partial charge is 0.382 e. The third-order valence-corrected chi connectivity index (χ3v) is 3.74. The van der Waals surface area contributed by atoms with Gasteiger partial charge in [0.1, 0.15) is 0 Å². The quantitative estimate of drug-likeness (QED) is 0.834. The van der Waals surface area contributed by atoms with Crippen LogP contribution >= 0.6 is 0 Å². The van der Waals surface area contributed by atoms with E-state index in [-0.39, 0.29) is 0 Å². The molecule has 0 aromatic heterocycles. The minimum Gasteiger partial charge on any atom is -0.382 e. The Kier molecular flexibility index (Phi) is 3.68. The molecule has 0 spiro atoms. The van der Waals surface area contributed by atoms with E-state index >= 15 is 0 Å². The number of benzene rings is 1. The fourth-order valence-electron chi connectivity index (χ4n) is 2.47. The first-order valence-corrected chi connectivity index (χ1v) is 6.46. The van der Waals surface area contributed by atoms with Gasteiger partial charge in [0, 0.05) is 11.7 Å². The number of anilines is 1. The average Bonchev–Trinajstić information content (AvgIpc) is 2.35. The monoisotopic (exact) mass is 228 g/mol. The predicted octanol–water partition coefficient (Wildman–Crippen LogP) is 3.86. The molecule has 0 radical (unpaired) electrons. The van der Waals surface area contributed by atoms with E-state index in [1.165, 1.54) is 31.2 Å². The Balaban J connectivity index is 2.05. The van der Waals surface area contributed by atoms with Crippen LogP contribution in [0.1, 0.15) is 43.7 Å². The topological polar surface area (TPSA) is 35.8 Å². The highest BCUT2D eigenvalue weighted by molar-refractivity contribution is 5.55. The van der Waals surface area contributed by atoms with Crippen LogP contribution in [0.25, 0.3) is 0 Å². The summed E-state index contributed by atoms with van der Waals surface area (Å²) in [5.74, 6) is 0.875. The van der Waals surface area contributed by atoms with Gasteiger partial charge in [0.05, 0.1) is 11.6 Å². The molecule has 0 atom stereocenters. The second-order valence-corrected chi connectivity index (χ2v) is 5.24. The molecule has 0 saturated heterocycles. The van der Waals surface area contributed by atoms with Crippen LogP contribution in [0.15, 0.2) is 18.2 Å². The van der Waals surface area contributed by atoms with Gasteiger partial charge in [0.25, 0.3) is 0 Å². The molecule has 2 rings (SSSR count). The molecule has 0 heterocycles. The maximum atomic E-state index is 8.92. The van der Waals surface area contributed by atoms with Gasteiger partial charge in [-0.3, -0.25) is 0 Å². The van der Waals surface area contributed by atoms with Gasteiger partial charge in [0.15, 0.2) is 0 Å². The van der Waals surface area contributed by atoms with E-state index in [1.54, 1.807) is 0 Å². The highest BCUT2D eigenvalue weighted by atomic mass is 14.9. The zero-order valence-corrected chi connectivity index (χ0v) is 10.7. The molecule has 1 aromatic carbocycles. The Morgan fingerprint density at radius 1 is 1.24 bits per heavy atom. The molecule has 0 aliphatic heterocycles. The van der Waals surface area contributed by atoms with Crippen molar-refractivity contribution in [3.8, 4) is 6.07 Å². The minimum absolute atomic E-state index is 0.582. The standard InChI is InChI=1S/C15H20N2/c1-11-3-7-14(8-4-11)17-15-9-13(10-16)6-5-12(15)2/h5-6,9,11,14,17H,3-4,7-8H2,1-2H3. The Bertz CT molecular complexity index is 423. The molecule has 0 amide bonds. The third kappa shape index (κ3) is 3.00. The van der Waals surface area contributed by atoms with Crippen molar-refractivity contribution in [3.05, 3.63) is 29.3 Å². The van der Waals surface area contributed by atoms with Crippen LogP contribution in [-0.2, 0) is 0 Å². The van der Waals surface area contributed by atoms with Crippen molar-refractivity contribution in [2.75, 3.05) is 5.32 Å². The van der Waals surface area contributed by atoms with Crippen molar-refractivity contribution in [2.45, 2.75) is 45.6 Å². The first kappa shape index (κ1) is 12.0. The summed E-state index contributed by atoms with van der Waals surface area (Å²) in [7, 11) is 0. The van der Waals surface area contributed by atoms with E-state index in [2.05, 4.69) is 25.2 Å². The van der Waals surface area contributed by atoms with Gasteiger partial charge in [-0.15, -0.1) is 0 Å². The van der Waals surface area contributed by atoms with Crippen LogP contribution in [0, 0.1) is 24.2 Å². The zero-order chi connectivity index (χ0) is 12.3. The molecule has 1 N–H and O–H groups in total. The molecule has 1 fully saturated rings. The molecule has 90 valence electrons. The molecular formula is C15H20N2. The van der Waals surface area contributed by atoms with Crippen molar-refractivity contribution in [3.63, 3.8) is 0 Å². The van der Waals surface area contributed by atoms with Crippen molar-refractivity contribution < 1.29 is 0 Å². The van der Waals surface area contributed by atoms with E-state index in [4.69, 9.17) is 5.26 Å². The van der Waals surface area contributed by atoms with Crippen LogP contribution in [0.5, 0.6) is 0 Å². The maximum Gasteiger partial charge on any atom is 0.0992 e. The molecule has 1 aliphatic carbocycles. The number of hydrogen-bond acceptors (Lipinski definition) is 2. The molecule has 17 heavy (non-hydrogen) atoms. The molecule has 2 heteroatoms. The minimum atomic E-state index is 0.582. The lowest BCUT2D eigenvalue weighted by molar-refractivity contribution is 0.361. The Hall–Kier alpha value is -1.49. The van der Waals surface area contributed by atoms with Gasteiger partial charge in [-0.05, 0) is 56.2 Å². The lowest BCUT2D eigenvalue weighted by Gasteiger charge is -2.28. The summed E-state index contributed by atoms with van der Waals surface area (Å²) in [6.45, 7) is 4.42. The van der Waals surface area contributed by atoms with E-state index in [1.807, 2.05) is 18.2 Å². The fourth-order valence-corrected chi connectivity index (χ4v) is 2.47. The van der Waals surface area contributed by atoms with Crippen LogP contribution < -0.4 is 5.32 Å². The normalized spacial score (nSPS) is 24.1. The number of rotatable bonds is 2. The number of hydrogen-bond donors (Lipinski definition) is 1. The van der Waals surface area contributed by atoms with Gasteiger partial charge in [-0.2, -0.15) is 5.26 Å². The van der Waals surface area contributed by atoms with Gasteiger partial charge in [-0.25, -0.2) is 0 Å². The molecule has 1 saturated carbocycles. The number of nitriles is 1. The van der Waals surface area contributed by atoms with E-state index in [9.17, 15) is 0 Å². The van der Waals surface area contributed by atoms with E-state index < -0.39 is 0 Å². The Labute approximate surface area is 104 Å². The molecular weight excluding hydrogens is 208 g/mol. The lowest BCUT2D eigenvalue weighted by atomic mass is 9.87. The zero-order valence-electron chi connectivity index (χ0n) is 10.7. The summed E-state index contributed by atoms with van der Waals surface area (Å²) in [5.41, 5.74) is 3.09. The highest BCUT2D eigenvalue weighted by Crippen LogP contribution is 2.27. The second-order valence-electron chi connectivity index (χ2n) is 5.24. The van der Waals surface area contributed by atoms with Crippen molar-refractivity contribution in [1.29, 1.82) is 5.26 Å². The predicted molar refractivity (Wildman–Crippen MR) is 70.9 cm³/mol. The summed E-state index contributed by atoms with van der Waals surface area (Å²) in [5, 5.41) is 12.5. The molecule has 0 bridgehead atoms. The molecule has 1 aliphatic rings. The van der Waals surface area contributed by atoms with Crippen LogP contribution in [0.3, 0.4) is 0 Å². The van der Waals surface area contributed by atoms with Crippen LogP contribution in [0.4, 0.5) is 5.69 Å². The summed E-state index contributed by atoms with van der Waals surface area (Å²) in [6.07, 6.45) is 5.12. The van der Waals surface area contributed by atoms with Crippen molar-refractivity contribution in [2.24, 2.45) is 5.92 Å². The lowest BCUT2D eigenvalue weighted by Crippen LogP contribution is -2.25. The Morgan fingerprint density at radius 2 is 1.94 bits per heavy atom. The smallest absolute Gasteiger partial charge is 0.0992 e. The summed E-state index contributed by atoms with van der Waals surface area (Å²) < 4.78 is 0. The Morgan fingerprint density at radius 3 is 2.59 bits per heavy atom. The van der Waals surface area contributed by atoms with Gasteiger partial charge in [0.2, 0.25) is 0 Å². The van der Waals surface area contributed by atoms with Gasteiger partial charge >= 0.3 is 0 Å². The maximum absolute atomic E-state index is 8.92.